The second-order valence-electron chi connectivity index (χ2n) is 4.52. The second kappa shape index (κ2) is 6.72. The minimum Gasteiger partial charge on any atom is -0.493 e. The standard InChI is InChI=1S/C15H20N2O2S/c1-10-14(20-15(17-10)6-7-16)9-11-4-5-12(18-2)13(8-11)19-3/h4-5,8H,6-7,9,16H2,1-3H3. The van der Waals surface area contributed by atoms with Crippen molar-refractivity contribution in [3.05, 3.63) is 39.3 Å². The first-order valence-electron chi connectivity index (χ1n) is 6.54. The number of benzene rings is 1. The number of methoxy groups -OCH3 is 2. The smallest absolute Gasteiger partial charge is 0.160 e. The molecule has 1 aromatic heterocycles. The topological polar surface area (TPSA) is 57.4 Å². The zero-order valence-electron chi connectivity index (χ0n) is 12.1. The molecule has 0 amide bonds. The minimum absolute atomic E-state index is 0.642. The molecule has 20 heavy (non-hydrogen) atoms. The predicted octanol–water partition coefficient (Wildman–Crippen LogP) is 2.56. The third-order valence-corrected chi connectivity index (χ3v) is 4.32. The van der Waals surface area contributed by atoms with Crippen LogP contribution in [0, 0.1) is 6.92 Å². The normalized spacial score (nSPS) is 10.6. The number of aromatic nitrogens is 1. The fraction of sp³-hybridized carbons (Fsp3) is 0.400. The van der Waals surface area contributed by atoms with Crippen molar-refractivity contribution < 1.29 is 9.47 Å². The zero-order chi connectivity index (χ0) is 14.5. The number of hydrogen-bond donors (Lipinski definition) is 1. The molecular formula is C15H20N2O2S. The van der Waals surface area contributed by atoms with Crippen LogP contribution in [0.1, 0.15) is 21.1 Å². The maximum absolute atomic E-state index is 5.58. The van der Waals surface area contributed by atoms with Crippen LogP contribution in [0.25, 0.3) is 0 Å². The molecule has 0 aliphatic heterocycles. The lowest BCUT2D eigenvalue weighted by molar-refractivity contribution is 0.354. The van der Waals surface area contributed by atoms with E-state index in [1.165, 1.54) is 10.4 Å². The lowest BCUT2D eigenvalue weighted by Gasteiger charge is -2.09. The van der Waals surface area contributed by atoms with Crippen molar-refractivity contribution in [2.75, 3.05) is 20.8 Å². The zero-order valence-corrected chi connectivity index (χ0v) is 12.9. The van der Waals surface area contributed by atoms with Crippen molar-refractivity contribution in [1.29, 1.82) is 0 Å². The first-order chi connectivity index (χ1) is 9.67. The van der Waals surface area contributed by atoms with E-state index in [9.17, 15) is 0 Å². The van der Waals surface area contributed by atoms with E-state index in [-0.39, 0.29) is 0 Å². The van der Waals surface area contributed by atoms with Gasteiger partial charge in [0, 0.05) is 17.7 Å². The van der Waals surface area contributed by atoms with Gasteiger partial charge in [-0.3, -0.25) is 0 Å². The molecule has 0 aliphatic rings. The van der Waals surface area contributed by atoms with Gasteiger partial charge >= 0.3 is 0 Å². The quantitative estimate of drug-likeness (QED) is 0.889. The molecule has 4 nitrogen and oxygen atoms in total. The molecule has 0 radical (unpaired) electrons. The van der Waals surface area contributed by atoms with E-state index in [4.69, 9.17) is 15.2 Å². The highest BCUT2D eigenvalue weighted by Crippen LogP contribution is 2.30. The average Bonchev–Trinajstić information content (AvgIpc) is 2.79. The number of aryl methyl sites for hydroxylation is 1. The van der Waals surface area contributed by atoms with Gasteiger partial charge in [0.25, 0.3) is 0 Å². The van der Waals surface area contributed by atoms with E-state index in [2.05, 4.69) is 11.1 Å². The molecule has 0 aliphatic carbocycles. The summed E-state index contributed by atoms with van der Waals surface area (Å²) in [5, 5.41) is 1.11. The van der Waals surface area contributed by atoms with Gasteiger partial charge in [-0.2, -0.15) is 0 Å². The highest BCUT2D eigenvalue weighted by atomic mass is 32.1. The Morgan fingerprint density at radius 1 is 1.20 bits per heavy atom. The van der Waals surface area contributed by atoms with Gasteiger partial charge in [0.2, 0.25) is 0 Å². The molecule has 5 heteroatoms. The number of nitrogens with zero attached hydrogens (tertiary/aromatic N) is 1. The van der Waals surface area contributed by atoms with E-state index in [0.29, 0.717) is 6.54 Å². The molecule has 2 rings (SSSR count). The third kappa shape index (κ3) is 3.29. The van der Waals surface area contributed by atoms with Gasteiger partial charge < -0.3 is 15.2 Å². The molecule has 0 bridgehead atoms. The van der Waals surface area contributed by atoms with Crippen molar-refractivity contribution in [1.82, 2.24) is 4.98 Å². The first kappa shape index (κ1) is 14.8. The molecule has 0 atom stereocenters. The molecule has 0 spiro atoms. The van der Waals surface area contributed by atoms with Crippen LogP contribution in [0.5, 0.6) is 11.5 Å². The van der Waals surface area contributed by atoms with Crippen molar-refractivity contribution in [3.63, 3.8) is 0 Å². The Morgan fingerprint density at radius 3 is 2.60 bits per heavy atom. The Labute approximate surface area is 123 Å². The van der Waals surface area contributed by atoms with E-state index in [1.807, 2.05) is 19.1 Å². The fourth-order valence-electron chi connectivity index (χ4n) is 2.06. The Hall–Kier alpha value is -1.59. The van der Waals surface area contributed by atoms with Crippen LogP contribution in [0.4, 0.5) is 0 Å². The number of hydrogen-bond acceptors (Lipinski definition) is 5. The average molecular weight is 292 g/mol. The first-order valence-corrected chi connectivity index (χ1v) is 7.35. The van der Waals surface area contributed by atoms with E-state index in [0.717, 1.165) is 35.0 Å². The van der Waals surface area contributed by atoms with Gasteiger partial charge in [-0.25, -0.2) is 4.98 Å². The maximum Gasteiger partial charge on any atom is 0.160 e. The second-order valence-corrected chi connectivity index (χ2v) is 5.69. The van der Waals surface area contributed by atoms with E-state index < -0.39 is 0 Å². The van der Waals surface area contributed by atoms with Gasteiger partial charge in [-0.05, 0) is 31.2 Å². The van der Waals surface area contributed by atoms with Crippen molar-refractivity contribution in [3.8, 4) is 11.5 Å². The summed E-state index contributed by atoms with van der Waals surface area (Å²) in [6, 6.07) is 6.01. The SMILES string of the molecule is COc1ccc(Cc2sc(CCN)nc2C)cc1OC. The number of rotatable bonds is 6. The summed E-state index contributed by atoms with van der Waals surface area (Å²) in [6.07, 6.45) is 1.70. The molecule has 0 unspecified atom stereocenters. The molecule has 1 aromatic carbocycles. The molecule has 108 valence electrons. The van der Waals surface area contributed by atoms with Crippen LogP contribution < -0.4 is 15.2 Å². The molecule has 2 aromatic rings. The Balaban J connectivity index is 2.21. The highest BCUT2D eigenvalue weighted by molar-refractivity contribution is 7.11. The number of nitrogens with two attached hydrogens (primary N) is 1. The Kier molecular flexibility index (Phi) is 4.98. The maximum atomic E-state index is 5.58. The van der Waals surface area contributed by atoms with Gasteiger partial charge in [0.1, 0.15) is 0 Å². The largest absolute Gasteiger partial charge is 0.493 e. The van der Waals surface area contributed by atoms with Crippen LogP contribution in [0.3, 0.4) is 0 Å². The molecule has 0 fully saturated rings. The highest BCUT2D eigenvalue weighted by Gasteiger charge is 2.10. The number of ether oxygens (including phenoxy) is 2. The third-order valence-electron chi connectivity index (χ3n) is 3.11. The summed E-state index contributed by atoms with van der Waals surface area (Å²) in [4.78, 5) is 5.83. The number of thiazole rings is 1. The van der Waals surface area contributed by atoms with Gasteiger partial charge in [0.05, 0.1) is 24.9 Å². The summed E-state index contributed by atoms with van der Waals surface area (Å²) in [6.45, 7) is 2.69. The summed E-state index contributed by atoms with van der Waals surface area (Å²) >= 11 is 1.74. The predicted molar refractivity (Wildman–Crippen MR) is 82.0 cm³/mol. The summed E-state index contributed by atoms with van der Waals surface area (Å²) in [7, 11) is 3.29. The Morgan fingerprint density at radius 2 is 1.95 bits per heavy atom. The summed E-state index contributed by atoms with van der Waals surface area (Å²) < 4.78 is 10.6. The van der Waals surface area contributed by atoms with E-state index >= 15 is 0 Å². The van der Waals surface area contributed by atoms with Crippen LogP contribution in [-0.2, 0) is 12.8 Å². The minimum atomic E-state index is 0.642. The molecule has 2 N–H and O–H groups in total. The Bertz CT molecular complexity index is 581. The molecule has 1 heterocycles. The van der Waals surface area contributed by atoms with Crippen molar-refractivity contribution >= 4 is 11.3 Å². The van der Waals surface area contributed by atoms with Crippen LogP contribution in [-0.4, -0.2) is 25.7 Å². The lowest BCUT2D eigenvalue weighted by atomic mass is 10.1. The monoisotopic (exact) mass is 292 g/mol. The van der Waals surface area contributed by atoms with Crippen LogP contribution in [0.15, 0.2) is 18.2 Å². The molecule has 0 saturated carbocycles. The van der Waals surface area contributed by atoms with Gasteiger partial charge in [0.15, 0.2) is 11.5 Å². The van der Waals surface area contributed by atoms with Crippen LogP contribution >= 0.6 is 11.3 Å². The molecular weight excluding hydrogens is 272 g/mol. The van der Waals surface area contributed by atoms with Crippen molar-refractivity contribution in [2.45, 2.75) is 19.8 Å². The molecule has 0 saturated heterocycles. The lowest BCUT2D eigenvalue weighted by Crippen LogP contribution is -2.01. The summed E-state index contributed by atoms with van der Waals surface area (Å²) in [5.41, 5.74) is 7.86. The van der Waals surface area contributed by atoms with E-state index in [1.54, 1.807) is 25.6 Å². The van der Waals surface area contributed by atoms with Gasteiger partial charge in [-0.15, -0.1) is 11.3 Å². The fourth-order valence-corrected chi connectivity index (χ4v) is 3.18. The van der Waals surface area contributed by atoms with Crippen LogP contribution in [0.2, 0.25) is 0 Å². The van der Waals surface area contributed by atoms with Gasteiger partial charge in [-0.1, -0.05) is 6.07 Å². The summed E-state index contributed by atoms with van der Waals surface area (Å²) in [5.74, 6) is 1.51. The van der Waals surface area contributed by atoms with Crippen molar-refractivity contribution in [2.24, 2.45) is 5.73 Å².